The van der Waals surface area contributed by atoms with Crippen molar-refractivity contribution in [2.45, 2.75) is 11.7 Å². The number of carbonyl (C=O) groups excluding carboxylic acids is 1. The van der Waals surface area contributed by atoms with Gasteiger partial charge in [-0.2, -0.15) is 0 Å². The number of thioether (sulfide) groups is 1. The minimum absolute atomic E-state index is 0.114. The number of hydrogen-bond donors (Lipinski definition) is 1. The summed E-state index contributed by atoms with van der Waals surface area (Å²) >= 11 is 2.36. The van der Waals surface area contributed by atoms with E-state index in [0.717, 1.165) is 29.5 Å². The Morgan fingerprint density at radius 3 is 2.84 bits per heavy atom. The van der Waals surface area contributed by atoms with Gasteiger partial charge in [0.25, 0.3) is 5.56 Å². The van der Waals surface area contributed by atoms with Gasteiger partial charge in [-0.1, -0.05) is 23.9 Å². The van der Waals surface area contributed by atoms with E-state index in [9.17, 15) is 18.4 Å². The first-order valence-corrected chi connectivity index (χ1v) is 11.3. The topological polar surface area (TPSA) is 73.2 Å². The zero-order valence-electron chi connectivity index (χ0n) is 16.8. The highest BCUT2D eigenvalue weighted by atomic mass is 32.2. The van der Waals surface area contributed by atoms with Gasteiger partial charge in [-0.3, -0.25) is 14.2 Å². The Labute approximate surface area is 189 Å². The first kappa shape index (κ1) is 22.0. The van der Waals surface area contributed by atoms with Gasteiger partial charge >= 0.3 is 0 Å². The molecule has 0 radical (unpaired) electrons. The lowest BCUT2D eigenvalue weighted by Gasteiger charge is -2.13. The zero-order valence-corrected chi connectivity index (χ0v) is 18.4. The van der Waals surface area contributed by atoms with Crippen LogP contribution in [0, 0.1) is 11.6 Å². The number of anilines is 1. The van der Waals surface area contributed by atoms with Crippen LogP contribution in [0.4, 0.5) is 14.5 Å². The first-order chi connectivity index (χ1) is 15.4. The van der Waals surface area contributed by atoms with Gasteiger partial charge in [-0.15, -0.1) is 11.3 Å². The molecule has 0 unspecified atom stereocenters. The maximum atomic E-state index is 13.8. The number of benzene rings is 2. The second-order valence-corrected chi connectivity index (χ2v) is 8.59. The van der Waals surface area contributed by atoms with Crippen molar-refractivity contribution in [3.63, 3.8) is 0 Å². The molecule has 0 aliphatic rings. The van der Waals surface area contributed by atoms with Gasteiger partial charge in [0.05, 0.1) is 30.6 Å². The fourth-order valence-electron chi connectivity index (χ4n) is 3.03. The summed E-state index contributed by atoms with van der Waals surface area (Å²) in [4.78, 5) is 30.0. The van der Waals surface area contributed by atoms with E-state index in [2.05, 4.69) is 10.3 Å². The highest BCUT2D eigenvalue weighted by molar-refractivity contribution is 7.99. The smallest absolute Gasteiger partial charge is 0.272 e. The molecule has 0 aliphatic heterocycles. The molecule has 0 spiro atoms. The molecular formula is C22H17F2N3O3S2. The molecule has 2 aromatic heterocycles. The first-order valence-electron chi connectivity index (χ1n) is 9.43. The maximum absolute atomic E-state index is 13.8. The number of hydrogen-bond acceptors (Lipinski definition) is 6. The van der Waals surface area contributed by atoms with Crippen LogP contribution in [-0.4, -0.2) is 28.3 Å². The van der Waals surface area contributed by atoms with Crippen LogP contribution in [0.3, 0.4) is 0 Å². The molecular weight excluding hydrogens is 456 g/mol. The molecule has 32 heavy (non-hydrogen) atoms. The molecule has 1 amide bonds. The fraction of sp³-hybridized carbons (Fsp3) is 0.136. The third kappa shape index (κ3) is 4.81. The highest BCUT2D eigenvalue weighted by Crippen LogP contribution is 2.23. The molecule has 10 heteroatoms. The third-order valence-electron chi connectivity index (χ3n) is 4.54. The second-order valence-electron chi connectivity index (χ2n) is 6.73. The number of thiophene rings is 1. The van der Waals surface area contributed by atoms with Gasteiger partial charge in [-0.05, 0) is 41.3 Å². The van der Waals surface area contributed by atoms with Crippen molar-refractivity contribution in [2.75, 3.05) is 18.2 Å². The van der Waals surface area contributed by atoms with E-state index in [-0.39, 0.29) is 23.5 Å². The van der Waals surface area contributed by atoms with Gasteiger partial charge < -0.3 is 10.1 Å². The van der Waals surface area contributed by atoms with E-state index in [4.69, 9.17) is 4.74 Å². The predicted octanol–water partition coefficient (Wildman–Crippen LogP) is 4.52. The summed E-state index contributed by atoms with van der Waals surface area (Å²) in [5.74, 6) is -1.55. The number of fused-ring (bicyclic) bond motifs is 1. The lowest BCUT2D eigenvalue weighted by atomic mass is 10.2. The Kier molecular flexibility index (Phi) is 6.52. The fourth-order valence-corrected chi connectivity index (χ4v) is 4.61. The van der Waals surface area contributed by atoms with Gasteiger partial charge in [0, 0.05) is 6.07 Å². The van der Waals surface area contributed by atoms with Crippen molar-refractivity contribution in [1.29, 1.82) is 0 Å². The molecule has 0 saturated carbocycles. The van der Waals surface area contributed by atoms with Crippen LogP contribution < -0.4 is 15.6 Å². The number of rotatable bonds is 7. The van der Waals surface area contributed by atoms with E-state index in [1.807, 2.05) is 24.3 Å². The molecule has 1 N–H and O–H groups in total. The normalized spacial score (nSPS) is 11.0. The Bertz CT molecular complexity index is 1350. The van der Waals surface area contributed by atoms with Crippen LogP contribution in [-0.2, 0) is 11.3 Å². The summed E-state index contributed by atoms with van der Waals surface area (Å²) in [6.07, 6.45) is 0. The number of carbonyl (C=O) groups is 1. The van der Waals surface area contributed by atoms with Crippen LogP contribution in [0.2, 0.25) is 0 Å². The van der Waals surface area contributed by atoms with Crippen LogP contribution in [0.25, 0.3) is 10.2 Å². The molecule has 0 atom stereocenters. The van der Waals surface area contributed by atoms with Crippen molar-refractivity contribution >= 4 is 44.9 Å². The van der Waals surface area contributed by atoms with E-state index < -0.39 is 17.5 Å². The largest absolute Gasteiger partial charge is 0.497 e. The molecule has 4 rings (SSSR count). The molecule has 0 fully saturated rings. The molecule has 0 saturated heterocycles. The third-order valence-corrected chi connectivity index (χ3v) is 6.41. The number of methoxy groups -OCH3 is 1. The Balaban J connectivity index is 1.59. The van der Waals surface area contributed by atoms with Crippen molar-refractivity contribution < 1.29 is 18.3 Å². The molecule has 0 aliphatic carbocycles. The van der Waals surface area contributed by atoms with Crippen LogP contribution in [0.5, 0.6) is 5.75 Å². The van der Waals surface area contributed by atoms with Crippen LogP contribution in [0.15, 0.2) is 63.9 Å². The molecule has 4 aromatic rings. The Hall–Kier alpha value is -3.24. The summed E-state index contributed by atoms with van der Waals surface area (Å²) < 4.78 is 34.1. The minimum atomic E-state index is -0.865. The number of halogens is 2. The summed E-state index contributed by atoms with van der Waals surface area (Å²) in [6, 6.07) is 12.0. The summed E-state index contributed by atoms with van der Waals surface area (Å²) in [5.41, 5.74) is 1.06. The van der Waals surface area contributed by atoms with E-state index in [1.165, 1.54) is 15.9 Å². The van der Waals surface area contributed by atoms with Gasteiger partial charge in [0.2, 0.25) is 5.91 Å². The molecule has 6 nitrogen and oxygen atoms in total. The quantitative estimate of drug-likeness (QED) is 0.316. The highest BCUT2D eigenvalue weighted by Gasteiger charge is 2.16. The summed E-state index contributed by atoms with van der Waals surface area (Å²) in [7, 11) is 1.56. The Morgan fingerprint density at radius 2 is 2.06 bits per heavy atom. The molecule has 2 heterocycles. The molecule has 164 valence electrons. The van der Waals surface area contributed by atoms with Gasteiger partial charge in [0.15, 0.2) is 5.16 Å². The monoisotopic (exact) mass is 473 g/mol. The van der Waals surface area contributed by atoms with E-state index >= 15 is 0 Å². The lowest BCUT2D eigenvalue weighted by molar-refractivity contribution is -0.113. The summed E-state index contributed by atoms with van der Waals surface area (Å²) in [5, 5.41) is 4.55. The summed E-state index contributed by atoms with van der Waals surface area (Å²) in [6.45, 7) is 0.243. The van der Waals surface area contributed by atoms with E-state index in [0.29, 0.717) is 27.2 Å². The van der Waals surface area contributed by atoms with Crippen LogP contribution in [0.1, 0.15) is 5.56 Å². The lowest BCUT2D eigenvalue weighted by Crippen LogP contribution is -2.24. The number of nitrogens with zero attached hydrogens (tertiary/aromatic N) is 2. The van der Waals surface area contributed by atoms with Gasteiger partial charge in [0.1, 0.15) is 22.1 Å². The second kappa shape index (κ2) is 9.49. The number of amides is 1. The molecule has 0 bridgehead atoms. The van der Waals surface area contributed by atoms with Gasteiger partial charge in [-0.25, -0.2) is 13.8 Å². The van der Waals surface area contributed by atoms with Crippen molar-refractivity contribution in [3.8, 4) is 5.75 Å². The average molecular weight is 474 g/mol. The maximum Gasteiger partial charge on any atom is 0.272 e. The molecule has 2 aromatic carbocycles. The zero-order chi connectivity index (χ0) is 22.7. The van der Waals surface area contributed by atoms with Crippen molar-refractivity contribution in [2.24, 2.45) is 0 Å². The van der Waals surface area contributed by atoms with Crippen LogP contribution >= 0.6 is 23.1 Å². The van der Waals surface area contributed by atoms with E-state index in [1.54, 1.807) is 18.6 Å². The average Bonchev–Trinajstić information content (AvgIpc) is 3.25. The number of ether oxygens (including phenoxy) is 1. The van der Waals surface area contributed by atoms with Crippen molar-refractivity contribution in [1.82, 2.24) is 9.55 Å². The van der Waals surface area contributed by atoms with Crippen molar-refractivity contribution in [3.05, 3.63) is 81.5 Å². The predicted molar refractivity (Wildman–Crippen MR) is 122 cm³/mol. The number of aromatic nitrogens is 2. The standard InChI is InChI=1S/C22H17F2N3O3S2/c1-30-15-4-2-3-13(9-15)11-27-21(29)20-18(7-8-31-20)26-22(27)32-12-19(28)25-17-6-5-14(23)10-16(17)24/h2-10H,11-12H2,1H3,(H,25,28). The Morgan fingerprint density at radius 1 is 1.22 bits per heavy atom. The minimum Gasteiger partial charge on any atom is -0.497 e. The SMILES string of the molecule is COc1cccc(Cn2c(SCC(=O)Nc3ccc(F)cc3F)nc3ccsc3c2=O)c1. The number of nitrogens with one attached hydrogen (secondary N) is 1.